The summed E-state index contributed by atoms with van der Waals surface area (Å²) in [6, 6.07) is 0. The van der Waals surface area contributed by atoms with Gasteiger partial charge >= 0.3 is 5.97 Å². The number of aliphatic carboxylic acids is 1. The fourth-order valence-corrected chi connectivity index (χ4v) is 1.27. The van der Waals surface area contributed by atoms with E-state index in [1.807, 2.05) is 0 Å². The molecule has 0 atom stereocenters. The zero-order chi connectivity index (χ0) is 9.68. The van der Waals surface area contributed by atoms with Crippen molar-refractivity contribution >= 4 is 23.4 Å². The lowest BCUT2D eigenvalue weighted by molar-refractivity contribution is -0.137. The normalized spacial score (nSPS) is 9.54. The summed E-state index contributed by atoms with van der Waals surface area (Å²) >= 11 is 1.26. The van der Waals surface area contributed by atoms with Crippen LogP contribution in [0.1, 0.15) is 5.56 Å². The molecule has 0 aromatic carbocycles. The molecule has 70 valence electrons. The summed E-state index contributed by atoms with van der Waals surface area (Å²) in [6.45, 7) is -0.337. The third-order valence-corrected chi connectivity index (χ3v) is 1.92. The maximum atomic E-state index is 11.0. The van der Waals surface area contributed by atoms with Crippen LogP contribution in [-0.4, -0.2) is 27.9 Å². The molecule has 1 aromatic heterocycles. The number of carboxylic acids is 1. The van der Waals surface area contributed by atoms with E-state index < -0.39 is 5.97 Å². The van der Waals surface area contributed by atoms with Gasteiger partial charge in [0.05, 0.1) is 6.42 Å². The maximum absolute atomic E-state index is 11.0. The molecule has 1 heterocycles. The second-order valence-corrected chi connectivity index (χ2v) is 3.04. The lowest BCUT2D eigenvalue weighted by Gasteiger charge is -1.99. The lowest BCUT2D eigenvalue weighted by atomic mass is 10.2. The van der Waals surface area contributed by atoms with Crippen LogP contribution in [0.25, 0.3) is 0 Å². The smallest absolute Gasteiger partial charge is 0.322 e. The van der Waals surface area contributed by atoms with Gasteiger partial charge in [0.2, 0.25) is 5.91 Å². The van der Waals surface area contributed by atoms with Crippen LogP contribution >= 0.6 is 11.5 Å². The van der Waals surface area contributed by atoms with E-state index in [1.54, 1.807) is 11.6 Å². The monoisotopic (exact) mass is 200 g/mol. The molecule has 0 spiro atoms. The van der Waals surface area contributed by atoms with Crippen molar-refractivity contribution in [3.63, 3.8) is 0 Å². The first-order chi connectivity index (χ1) is 6.18. The number of nitrogens with one attached hydrogen (secondary N) is 1. The predicted molar refractivity (Wildman–Crippen MR) is 46.5 cm³/mol. The third kappa shape index (κ3) is 3.66. The van der Waals surface area contributed by atoms with E-state index in [4.69, 9.17) is 5.11 Å². The van der Waals surface area contributed by atoms with E-state index in [9.17, 15) is 9.59 Å². The Balaban J connectivity index is 2.30. The van der Waals surface area contributed by atoms with Crippen LogP contribution < -0.4 is 5.32 Å². The summed E-state index contributed by atoms with van der Waals surface area (Å²) in [5, 5.41) is 12.3. The van der Waals surface area contributed by atoms with E-state index in [-0.39, 0.29) is 18.9 Å². The molecule has 0 aliphatic rings. The molecule has 13 heavy (non-hydrogen) atoms. The second kappa shape index (κ2) is 4.56. The fourth-order valence-electron chi connectivity index (χ4n) is 0.736. The summed E-state index contributed by atoms with van der Waals surface area (Å²) in [5.74, 6) is -1.35. The number of carbonyl (C=O) groups excluding carboxylic acids is 1. The van der Waals surface area contributed by atoms with Crippen LogP contribution in [0, 0.1) is 0 Å². The minimum atomic E-state index is -1.04. The molecule has 1 rings (SSSR count). The SMILES string of the molecule is O=C(O)CNC(=O)Cc1cnsc1. The third-order valence-electron chi connectivity index (χ3n) is 1.28. The van der Waals surface area contributed by atoms with E-state index in [2.05, 4.69) is 9.69 Å². The van der Waals surface area contributed by atoms with Gasteiger partial charge in [-0.1, -0.05) is 0 Å². The first kappa shape index (κ1) is 9.66. The van der Waals surface area contributed by atoms with Gasteiger partial charge in [0, 0.05) is 11.6 Å². The van der Waals surface area contributed by atoms with Crippen LogP contribution in [0.15, 0.2) is 11.6 Å². The van der Waals surface area contributed by atoms with Crippen molar-refractivity contribution in [3.8, 4) is 0 Å². The molecule has 1 amide bonds. The Labute approximate surface area is 78.6 Å². The molecule has 0 aliphatic heterocycles. The van der Waals surface area contributed by atoms with E-state index in [0.29, 0.717) is 0 Å². The molecule has 0 fully saturated rings. The molecule has 2 N–H and O–H groups in total. The predicted octanol–water partition coefficient (Wildman–Crippen LogP) is -0.114. The minimum Gasteiger partial charge on any atom is -0.480 e. The van der Waals surface area contributed by atoms with Crippen molar-refractivity contribution in [1.82, 2.24) is 9.69 Å². The molecular formula is C7H8N2O3S. The number of carboxylic acid groups (broad SMARTS) is 1. The Morgan fingerprint density at radius 1 is 1.62 bits per heavy atom. The Hall–Kier alpha value is -1.43. The first-order valence-electron chi connectivity index (χ1n) is 3.55. The summed E-state index contributed by atoms with van der Waals surface area (Å²) in [4.78, 5) is 21.1. The molecule has 0 saturated carbocycles. The number of aromatic nitrogens is 1. The standard InChI is InChI=1S/C7H8N2O3S/c10-6(8-3-7(11)12)1-5-2-9-13-4-5/h2,4H,1,3H2,(H,8,10)(H,11,12). The number of amides is 1. The summed E-state index contributed by atoms with van der Waals surface area (Å²) in [6.07, 6.45) is 1.77. The van der Waals surface area contributed by atoms with Crippen LogP contribution in [0.5, 0.6) is 0 Å². The molecule has 5 nitrogen and oxygen atoms in total. The summed E-state index contributed by atoms with van der Waals surface area (Å²) in [5.41, 5.74) is 0.799. The van der Waals surface area contributed by atoms with Crippen molar-refractivity contribution in [2.75, 3.05) is 6.54 Å². The Kier molecular flexibility index (Phi) is 3.39. The molecule has 6 heteroatoms. The number of rotatable bonds is 4. The van der Waals surface area contributed by atoms with Gasteiger partial charge in [-0.3, -0.25) is 9.59 Å². The lowest BCUT2D eigenvalue weighted by Crippen LogP contribution is -2.30. The van der Waals surface area contributed by atoms with Crippen LogP contribution in [0.2, 0.25) is 0 Å². The number of hydrogen-bond donors (Lipinski definition) is 2. The highest BCUT2D eigenvalue weighted by molar-refractivity contribution is 7.03. The first-order valence-corrected chi connectivity index (χ1v) is 4.39. The van der Waals surface area contributed by atoms with Crippen LogP contribution in [0.3, 0.4) is 0 Å². The number of hydrogen-bond acceptors (Lipinski definition) is 4. The average molecular weight is 200 g/mol. The fraction of sp³-hybridized carbons (Fsp3) is 0.286. The zero-order valence-electron chi connectivity index (χ0n) is 6.69. The average Bonchev–Trinajstić information content (AvgIpc) is 2.53. The quantitative estimate of drug-likeness (QED) is 0.710. The van der Waals surface area contributed by atoms with Gasteiger partial charge in [-0.05, 0) is 17.1 Å². The Morgan fingerprint density at radius 2 is 2.38 bits per heavy atom. The highest BCUT2D eigenvalue weighted by Crippen LogP contribution is 2.01. The van der Waals surface area contributed by atoms with Crippen molar-refractivity contribution < 1.29 is 14.7 Å². The number of nitrogens with zero attached hydrogens (tertiary/aromatic N) is 1. The van der Waals surface area contributed by atoms with Gasteiger partial charge in [0.25, 0.3) is 0 Å². The van der Waals surface area contributed by atoms with Crippen LogP contribution in [-0.2, 0) is 16.0 Å². The van der Waals surface area contributed by atoms with E-state index in [1.165, 1.54) is 11.5 Å². The highest BCUT2D eigenvalue weighted by Gasteiger charge is 2.05. The van der Waals surface area contributed by atoms with Gasteiger partial charge < -0.3 is 10.4 Å². The van der Waals surface area contributed by atoms with Gasteiger partial charge in [-0.2, -0.15) is 0 Å². The van der Waals surface area contributed by atoms with E-state index >= 15 is 0 Å². The molecule has 0 radical (unpaired) electrons. The zero-order valence-corrected chi connectivity index (χ0v) is 7.50. The Bertz CT molecular complexity index is 297. The molecule has 0 unspecified atom stereocenters. The van der Waals surface area contributed by atoms with Gasteiger partial charge in [0.1, 0.15) is 6.54 Å². The highest BCUT2D eigenvalue weighted by atomic mass is 32.1. The number of carbonyl (C=O) groups is 2. The summed E-state index contributed by atoms with van der Waals surface area (Å²) < 4.78 is 3.82. The van der Waals surface area contributed by atoms with Crippen molar-refractivity contribution in [1.29, 1.82) is 0 Å². The molecule has 1 aromatic rings. The van der Waals surface area contributed by atoms with Crippen LogP contribution in [0.4, 0.5) is 0 Å². The molecule has 0 aliphatic carbocycles. The Morgan fingerprint density at radius 3 is 2.92 bits per heavy atom. The van der Waals surface area contributed by atoms with E-state index in [0.717, 1.165) is 5.56 Å². The van der Waals surface area contributed by atoms with Crippen molar-refractivity contribution in [3.05, 3.63) is 17.1 Å². The van der Waals surface area contributed by atoms with Gasteiger partial charge in [-0.15, -0.1) is 0 Å². The minimum absolute atomic E-state index is 0.184. The largest absolute Gasteiger partial charge is 0.480 e. The topological polar surface area (TPSA) is 79.3 Å². The maximum Gasteiger partial charge on any atom is 0.322 e. The molecule has 0 saturated heterocycles. The summed E-state index contributed by atoms with van der Waals surface area (Å²) in [7, 11) is 0. The van der Waals surface area contributed by atoms with Gasteiger partial charge in [-0.25, -0.2) is 4.37 Å². The second-order valence-electron chi connectivity index (χ2n) is 2.38. The van der Waals surface area contributed by atoms with Gasteiger partial charge in [0.15, 0.2) is 0 Å². The molecule has 0 bridgehead atoms. The molecular weight excluding hydrogens is 192 g/mol. The van der Waals surface area contributed by atoms with Crippen molar-refractivity contribution in [2.24, 2.45) is 0 Å². The van der Waals surface area contributed by atoms with Crippen molar-refractivity contribution in [2.45, 2.75) is 6.42 Å².